The van der Waals surface area contributed by atoms with E-state index in [0.29, 0.717) is 12.1 Å². The Balaban J connectivity index is 1.78. The third-order valence-electron chi connectivity index (χ3n) is 4.73. The normalized spacial score (nSPS) is 16.1. The summed E-state index contributed by atoms with van der Waals surface area (Å²) in [6.45, 7) is 3.62. The molecule has 0 atom stereocenters. The molecule has 4 heterocycles. The second-order valence-corrected chi connectivity index (χ2v) is 7.69. The van der Waals surface area contributed by atoms with Gasteiger partial charge in [0.2, 0.25) is 0 Å². The fraction of sp³-hybridized carbons (Fsp3) is 0.333. The average molecular weight is 363 g/mol. The molecular weight excluding hydrogens is 346 g/mol. The maximum absolute atomic E-state index is 9.66. The monoisotopic (exact) mass is 363 g/mol. The van der Waals surface area contributed by atoms with Crippen LogP contribution in [0.25, 0.3) is 22.3 Å². The van der Waals surface area contributed by atoms with Crippen LogP contribution >= 0.6 is 11.9 Å². The Hall–Kier alpha value is -2.81. The van der Waals surface area contributed by atoms with Crippen molar-refractivity contribution < 1.29 is 0 Å². The van der Waals surface area contributed by atoms with Gasteiger partial charge in [0.05, 0.1) is 23.7 Å². The number of aromatic amines is 1. The van der Waals surface area contributed by atoms with Crippen LogP contribution in [0.1, 0.15) is 19.0 Å². The van der Waals surface area contributed by atoms with E-state index in [4.69, 9.17) is 0 Å². The average Bonchev–Trinajstić information content (AvgIpc) is 3.26. The highest BCUT2D eigenvalue weighted by atomic mass is 32.2. The van der Waals surface area contributed by atoms with Crippen LogP contribution < -0.4 is 0 Å². The number of fused-ring (bicyclic) bond motifs is 1. The lowest BCUT2D eigenvalue weighted by atomic mass is 9.88. The van der Waals surface area contributed by atoms with Crippen molar-refractivity contribution in [1.29, 1.82) is 10.5 Å². The van der Waals surface area contributed by atoms with E-state index < -0.39 is 0 Å². The highest BCUT2D eigenvalue weighted by molar-refractivity contribution is 7.97. The molecule has 1 N–H and O–H groups in total. The van der Waals surface area contributed by atoms with Gasteiger partial charge in [-0.05, 0) is 12.1 Å². The Morgan fingerprint density at radius 1 is 1.35 bits per heavy atom. The molecule has 0 bridgehead atoms. The molecule has 0 unspecified atom stereocenters. The molecule has 130 valence electrons. The zero-order valence-electron chi connectivity index (χ0n) is 14.3. The van der Waals surface area contributed by atoms with Crippen molar-refractivity contribution in [2.45, 2.75) is 18.9 Å². The maximum Gasteiger partial charge on any atom is 0.141 e. The Kier molecular flexibility index (Phi) is 4.15. The molecule has 0 saturated carbocycles. The number of rotatable bonds is 5. The topological polar surface area (TPSA) is 97.3 Å². The summed E-state index contributed by atoms with van der Waals surface area (Å²) in [5.41, 5.74) is 2.62. The summed E-state index contributed by atoms with van der Waals surface area (Å²) >= 11 is 1.76. The molecular formula is C18H17N7S. The van der Waals surface area contributed by atoms with Gasteiger partial charge in [-0.25, -0.2) is 14.3 Å². The van der Waals surface area contributed by atoms with Gasteiger partial charge in [-0.15, -0.1) is 0 Å². The highest BCUT2D eigenvalue weighted by Crippen LogP contribution is 2.39. The van der Waals surface area contributed by atoms with Crippen LogP contribution in [0.3, 0.4) is 0 Å². The summed E-state index contributed by atoms with van der Waals surface area (Å²) in [4.78, 5) is 11.7. The number of H-pyrrole nitrogens is 1. The fourth-order valence-electron chi connectivity index (χ4n) is 3.55. The fourth-order valence-corrected chi connectivity index (χ4v) is 4.58. The molecule has 0 amide bonds. The van der Waals surface area contributed by atoms with Crippen LogP contribution in [-0.2, 0) is 5.54 Å². The Bertz CT molecular complexity index is 1030. The number of nitrogens with zero attached hydrogens (tertiary/aromatic N) is 6. The van der Waals surface area contributed by atoms with E-state index in [0.717, 1.165) is 41.1 Å². The number of nitrogens with one attached hydrogen (secondary N) is 1. The summed E-state index contributed by atoms with van der Waals surface area (Å²) in [6, 6.07) is 8.37. The van der Waals surface area contributed by atoms with Crippen molar-refractivity contribution in [3.8, 4) is 23.4 Å². The van der Waals surface area contributed by atoms with Crippen LogP contribution in [0.2, 0.25) is 0 Å². The van der Waals surface area contributed by atoms with Crippen molar-refractivity contribution >= 4 is 23.0 Å². The van der Waals surface area contributed by atoms with E-state index in [1.54, 1.807) is 11.9 Å². The van der Waals surface area contributed by atoms with Crippen molar-refractivity contribution in [1.82, 2.24) is 23.8 Å². The van der Waals surface area contributed by atoms with Crippen LogP contribution in [0.4, 0.5) is 0 Å². The van der Waals surface area contributed by atoms with E-state index in [9.17, 15) is 10.5 Å². The zero-order chi connectivity index (χ0) is 18.1. The maximum atomic E-state index is 9.66. The van der Waals surface area contributed by atoms with E-state index >= 15 is 0 Å². The molecule has 26 heavy (non-hydrogen) atoms. The van der Waals surface area contributed by atoms with Gasteiger partial charge < -0.3 is 9.55 Å². The minimum Gasteiger partial charge on any atom is -0.346 e. The van der Waals surface area contributed by atoms with Crippen LogP contribution in [0.15, 0.2) is 30.9 Å². The molecule has 0 aliphatic carbocycles. The molecule has 1 saturated heterocycles. The third-order valence-corrected chi connectivity index (χ3v) is 5.62. The molecule has 1 fully saturated rings. The number of nitriles is 2. The standard InChI is InChI=1S/C18H17N7S/c1-2-26-24-10-18(11-24,4-5-19)25-9-13(7-14(25)8-20)16-15-3-6-21-17(15)23-12-22-16/h3,6-7,9,12H,2,4,10-11H2,1H3,(H,21,22,23). The van der Waals surface area contributed by atoms with Gasteiger partial charge in [0.15, 0.2) is 0 Å². The van der Waals surface area contributed by atoms with E-state index in [-0.39, 0.29) is 5.54 Å². The molecule has 0 spiro atoms. The second kappa shape index (κ2) is 6.49. The first-order chi connectivity index (χ1) is 12.7. The number of hydrogen-bond acceptors (Lipinski definition) is 6. The molecule has 1 aliphatic rings. The summed E-state index contributed by atoms with van der Waals surface area (Å²) in [7, 11) is 0. The first kappa shape index (κ1) is 16.6. The first-order valence-electron chi connectivity index (χ1n) is 8.37. The van der Waals surface area contributed by atoms with Crippen molar-refractivity contribution in [2.75, 3.05) is 18.8 Å². The van der Waals surface area contributed by atoms with Crippen LogP contribution in [0.5, 0.6) is 0 Å². The number of aromatic nitrogens is 4. The van der Waals surface area contributed by atoms with Gasteiger partial charge in [-0.3, -0.25) is 0 Å². The number of hydrogen-bond donors (Lipinski definition) is 1. The van der Waals surface area contributed by atoms with Gasteiger partial charge in [0.1, 0.15) is 23.7 Å². The molecule has 0 aromatic carbocycles. The van der Waals surface area contributed by atoms with Gasteiger partial charge in [-0.2, -0.15) is 10.5 Å². The Morgan fingerprint density at radius 3 is 2.92 bits per heavy atom. The predicted molar refractivity (Wildman–Crippen MR) is 99.9 cm³/mol. The van der Waals surface area contributed by atoms with Crippen LogP contribution in [-0.4, -0.2) is 42.7 Å². The lowest BCUT2D eigenvalue weighted by Crippen LogP contribution is -2.59. The van der Waals surface area contributed by atoms with Gasteiger partial charge in [-0.1, -0.05) is 18.9 Å². The first-order valence-corrected chi connectivity index (χ1v) is 9.31. The van der Waals surface area contributed by atoms with E-state index in [2.05, 4.69) is 38.3 Å². The molecule has 0 radical (unpaired) electrons. The van der Waals surface area contributed by atoms with E-state index in [1.807, 2.05) is 29.1 Å². The lowest BCUT2D eigenvalue weighted by molar-refractivity contribution is 0.0944. The Labute approximate surface area is 155 Å². The van der Waals surface area contributed by atoms with Crippen molar-refractivity contribution in [3.63, 3.8) is 0 Å². The van der Waals surface area contributed by atoms with Gasteiger partial charge in [0.25, 0.3) is 0 Å². The lowest BCUT2D eigenvalue weighted by Gasteiger charge is -2.49. The summed E-state index contributed by atoms with van der Waals surface area (Å²) < 4.78 is 4.21. The predicted octanol–water partition coefficient (Wildman–Crippen LogP) is 2.89. The van der Waals surface area contributed by atoms with Gasteiger partial charge >= 0.3 is 0 Å². The quantitative estimate of drug-likeness (QED) is 0.700. The minimum absolute atomic E-state index is 0.357. The summed E-state index contributed by atoms with van der Waals surface area (Å²) in [5.74, 6) is 0.997. The zero-order valence-corrected chi connectivity index (χ0v) is 15.1. The Morgan fingerprint density at radius 2 is 2.19 bits per heavy atom. The van der Waals surface area contributed by atoms with Crippen molar-refractivity contribution in [3.05, 3.63) is 36.5 Å². The minimum atomic E-state index is -0.357. The summed E-state index contributed by atoms with van der Waals surface area (Å²) in [6.07, 6.45) is 5.68. The third kappa shape index (κ3) is 2.55. The van der Waals surface area contributed by atoms with Gasteiger partial charge in [0, 0.05) is 42.2 Å². The molecule has 3 aromatic heterocycles. The molecule has 8 heteroatoms. The smallest absolute Gasteiger partial charge is 0.141 e. The highest BCUT2D eigenvalue weighted by Gasteiger charge is 2.45. The van der Waals surface area contributed by atoms with Crippen LogP contribution in [0, 0.1) is 22.7 Å². The largest absolute Gasteiger partial charge is 0.346 e. The van der Waals surface area contributed by atoms with Crippen molar-refractivity contribution in [2.24, 2.45) is 0 Å². The van der Waals surface area contributed by atoms with E-state index in [1.165, 1.54) is 6.33 Å². The molecule has 4 rings (SSSR count). The molecule has 7 nitrogen and oxygen atoms in total. The SMILES string of the molecule is CCSN1CC(CC#N)(n2cc(-c3ncnc4[nH]ccc34)cc2C#N)C1. The molecule has 1 aliphatic heterocycles. The molecule has 3 aromatic rings. The second-order valence-electron chi connectivity index (χ2n) is 6.33. The summed E-state index contributed by atoms with van der Waals surface area (Å²) in [5, 5.41) is 19.9.